The van der Waals surface area contributed by atoms with Crippen molar-refractivity contribution in [3.63, 3.8) is 0 Å². The van der Waals surface area contributed by atoms with Crippen LogP contribution in [0.15, 0.2) is 59.5 Å². The number of alkyl halides is 3. The van der Waals surface area contributed by atoms with Crippen LogP contribution in [0, 0.1) is 6.92 Å². The average molecular weight is 503 g/mol. The number of amides is 1. The van der Waals surface area contributed by atoms with Crippen molar-refractivity contribution in [3.8, 4) is 11.5 Å². The van der Waals surface area contributed by atoms with Gasteiger partial charge in [0.05, 0.1) is 30.9 Å². The SMILES string of the molecule is COc1ccc(/C(O)=C2\C(=O)C(=O)N(c3cccc(C(F)(F)F)c3)C2c2sccc2C)c(OC)c1. The Morgan fingerprint density at radius 2 is 1.80 bits per heavy atom. The normalized spacial score (nSPS) is 17.7. The van der Waals surface area contributed by atoms with Crippen molar-refractivity contribution >= 4 is 34.5 Å². The van der Waals surface area contributed by atoms with Gasteiger partial charge in [-0.3, -0.25) is 14.5 Å². The Bertz CT molecular complexity index is 1340. The zero-order valence-electron chi connectivity index (χ0n) is 18.8. The molecule has 2 heterocycles. The van der Waals surface area contributed by atoms with E-state index in [1.807, 2.05) is 0 Å². The van der Waals surface area contributed by atoms with Crippen molar-refractivity contribution in [1.82, 2.24) is 0 Å². The predicted octanol–water partition coefficient (Wildman–Crippen LogP) is 5.72. The number of benzene rings is 2. The number of Topliss-reactive ketones (excluding diaryl/α,β-unsaturated/α-hetero) is 1. The van der Waals surface area contributed by atoms with Gasteiger partial charge in [-0.1, -0.05) is 6.07 Å². The Balaban J connectivity index is 1.96. The van der Waals surface area contributed by atoms with E-state index < -0.39 is 35.2 Å². The second-order valence-corrected chi connectivity index (χ2v) is 8.70. The van der Waals surface area contributed by atoms with Gasteiger partial charge in [-0.2, -0.15) is 13.2 Å². The monoisotopic (exact) mass is 503 g/mol. The number of aryl methyl sites for hydroxylation is 1. The molecule has 0 spiro atoms. The molecule has 1 atom stereocenters. The zero-order chi connectivity index (χ0) is 25.5. The lowest BCUT2D eigenvalue weighted by Crippen LogP contribution is -2.29. The van der Waals surface area contributed by atoms with E-state index in [9.17, 15) is 27.9 Å². The van der Waals surface area contributed by atoms with Gasteiger partial charge < -0.3 is 14.6 Å². The molecule has 182 valence electrons. The maximum Gasteiger partial charge on any atom is 0.416 e. The molecule has 0 aliphatic carbocycles. The molecule has 10 heteroatoms. The molecule has 6 nitrogen and oxygen atoms in total. The van der Waals surface area contributed by atoms with Crippen LogP contribution in [0.3, 0.4) is 0 Å². The zero-order valence-corrected chi connectivity index (χ0v) is 19.7. The van der Waals surface area contributed by atoms with Crippen molar-refractivity contribution in [3.05, 3.63) is 81.1 Å². The minimum Gasteiger partial charge on any atom is -0.507 e. The molecular weight excluding hydrogens is 483 g/mol. The molecule has 1 N–H and O–H groups in total. The van der Waals surface area contributed by atoms with Crippen molar-refractivity contribution in [1.29, 1.82) is 0 Å². The average Bonchev–Trinajstić information content (AvgIpc) is 3.37. The number of halogens is 3. The summed E-state index contributed by atoms with van der Waals surface area (Å²) < 4.78 is 50.7. The summed E-state index contributed by atoms with van der Waals surface area (Å²) in [6, 6.07) is 9.35. The van der Waals surface area contributed by atoms with Gasteiger partial charge in [0.25, 0.3) is 11.7 Å². The molecule has 1 aromatic heterocycles. The first-order valence-corrected chi connectivity index (χ1v) is 11.2. The van der Waals surface area contributed by atoms with Gasteiger partial charge >= 0.3 is 6.18 Å². The highest BCUT2D eigenvalue weighted by Gasteiger charge is 2.48. The fourth-order valence-corrected chi connectivity index (χ4v) is 5.01. The highest BCUT2D eigenvalue weighted by atomic mass is 32.1. The van der Waals surface area contributed by atoms with Crippen LogP contribution in [0.5, 0.6) is 11.5 Å². The summed E-state index contributed by atoms with van der Waals surface area (Å²) in [6.45, 7) is 1.76. The Morgan fingerprint density at radius 1 is 1.06 bits per heavy atom. The summed E-state index contributed by atoms with van der Waals surface area (Å²) >= 11 is 1.23. The number of carbonyl (C=O) groups is 2. The third kappa shape index (κ3) is 4.25. The fraction of sp³-hybridized carbons (Fsp3) is 0.200. The molecule has 2 aromatic carbocycles. The first-order valence-electron chi connectivity index (χ1n) is 10.3. The molecule has 1 unspecified atom stereocenters. The highest BCUT2D eigenvalue weighted by Crippen LogP contribution is 2.46. The Hall–Kier alpha value is -3.79. The molecule has 0 bridgehead atoms. The van der Waals surface area contributed by atoms with E-state index in [0.29, 0.717) is 16.2 Å². The van der Waals surface area contributed by atoms with Crippen molar-refractivity contribution < 1.29 is 37.3 Å². The second kappa shape index (κ2) is 9.10. The minimum atomic E-state index is -4.64. The van der Waals surface area contributed by atoms with Crippen LogP contribution in [0.2, 0.25) is 0 Å². The summed E-state index contributed by atoms with van der Waals surface area (Å²) in [5, 5.41) is 13.0. The molecule has 35 heavy (non-hydrogen) atoms. The second-order valence-electron chi connectivity index (χ2n) is 7.75. The predicted molar refractivity (Wildman–Crippen MR) is 125 cm³/mol. The van der Waals surface area contributed by atoms with Gasteiger partial charge in [0, 0.05) is 16.6 Å². The van der Waals surface area contributed by atoms with E-state index in [1.165, 1.54) is 49.8 Å². The van der Waals surface area contributed by atoms with Crippen LogP contribution in [0.4, 0.5) is 18.9 Å². The molecule has 1 amide bonds. The van der Waals surface area contributed by atoms with Gasteiger partial charge in [0.2, 0.25) is 0 Å². The molecule has 0 saturated carbocycles. The summed E-state index contributed by atoms with van der Waals surface area (Å²) in [7, 11) is 2.82. The maximum absolute atomic E-state index is 13.4. The number of nitrogens with zero attached hydrogens (tertiary/aromatic N) is 1. The van der Waals surface area contributed by atoms with E-state index in [4.69, 9.17) is 9.47 Å². The number of hydrogen-bond donors (Lipinski definition) is 1. The number of aliphatic hydroxyl groups excluding tert-OH is 1. The Kier molecular flexibility index (Phi) is 6.33. The third-order valence-electron chi connectivity index (χ3n) is 5.71. The number of methoxy groups -OCH3 is 2. The summed E-state index contributed by atoms with van der Waals surface area (Å²) in [6.07, 6.45) is -4.64. The summed E-state index contributed by atoms with van der Waals surface area (Å²) in [4.78, 5) is 28.0. The van der Waals surface area contributed by atoms with Gasteiger partial charge in [-0.15, -0.1) is 11.3 Å². The Labute approximate surface area is 202 Å². The number of hydrogen-bond acceptors (Lipinski definition) is 6. The lowest BCUT2D eigenvalue weighted by molar-refractivity contribution is -0.137. The van der Waals surface area contributed by atoms with E-state index in [1.54, 1.807) is 24.4 Å². The number of rotatable bonds is 5. The molecule has 4 rings (SSSR count). The highest BCUT2D eigenvalue weighted by molar-refractivity contribution is 7.10. The Morgan fingerprint density at radius 3 is 2.40 bits per heavy atom. The molecule has 1 aliphatic heterocycles. The number of ketones is 1. The quantitative estimate of drug-likeness (QED) is 0.274. The summed E-state index contributed by atoms with van der Waals surface area (Å²) in [5.41, 5.74) is -0.474. The number of carbonyl (C=O) groups excluding carboxylic acids is 2. The van der Waals surface area contributed by atoms with Crippen LogP contribution in [-0.2, 0) is 15.8 Å². The molecule has 1 saturated heterocycles. The smallest absolute Gasteiger partial charge is 0.416 e. The van der Waals surface area contributed by atoms with E-state index in [0.717, 1.165) is 17.0 Å². The van der Waals surface area contributed by atoms with Crippen molar-refractivity contribution in [2.75, 3.05) is 19.1 Å². The molecule has 1 aliphatic rings. The van der Waals surface area contributed by atoms with Gasteiger partial charge in [-0.25, -0.2) is 0 Å². The van der Waals surface area contributed by atoms with Crippen LogP contribution in [0.25, 0.3) is 5.76 Å². The lowest BCUT2D eigenvalue weighted by Gasteiger charge is -2.25. The first kappa shape index (κ1) is 24.3. The first-order chi connectivity index (χ1) is 16.6. The standard InChI is InChI=1S/C25H20F3NO5S/c1-13-9-10-35-23(13)20-19(21(30)17-8-7-16(33-2)12-18(17)34-3)22(31)24(32)29(20)15-6-4-5-14(11-15)25(26,27)28/h4-12,20,30H,1-3H3/b21-19+. The van der Waals surface area contributed by atoms with Crippen LogP contribution >= 0.6 is 11.3 Å². The van der Waals surface area contributed by atoms with Crippen molar-refractivity contribution in [2.24, 2.45) is 0 Å². The molecular formula is C25H20F3NO5S. The molecule has 3 aromatic rings. The van der Waals surface area contributed by atoms with E-state index in [2.05, 4.69) is 0 Å². The van der Waals surface area contributed by atoms with Crippen LogP contribution in [0.1, 0.15) is 27.6 Å². The molecule has 1 fully saturated rings. The van der Waals surface area contributed by atoms with Crippen LogP contribution in [-0.4, -0.2) is 31.0 Å². The van der Waals surface area contributed by atoms with Gasteiger partial charge in [-0.05, 0) is 54.3 Å². The van der Waals surface area contributed by atoms with Crippen molar-refractivity contribution in [2.45, 2.75) is 19.1 Å². The number of anilines is 1. The lowest BCUT2D eigenvalue weighted by atomic mass is 9.97. The largest absolute Gasteiger partial charge is 0.507 e. The van der Waals surface area contributed by atoms with Crippen LogP contribution < -0.4 is 14.4 Å². The topological polar surface area (TPSA) is 76.1 Å². The van der Waals surface area contributed by atoms with Gasteiger partial charge in [0.15, 0.2) is 0 Å². The number of thiophene rings is 1. The minimum absolute atomic E-state index is 0.111. The van der Waals surface area contributed by atoms with Gasteiger partial charge in [0.1, 0.15) is 23.3 Å². The maximum atomic E-state index is 13.4. The number of ether oxygens (including phenoxy) is 2. The van der Waals surface area contributed by atoms with E-state index in [-0.39, 0.29) is 22.6 Å². The van der Waals surface area contributed by atoms with E-state index >= 15 is 0 Å². The molecule has 0 radical (unpaired) electrons. The number of aliphatic hydroxyl groups is 1. The fourth-order valence-electron chi connectivity index (χ4n) is 3.98. The summed E-state index contributed by atoms with van der Waals surface area (Å²) in [5.74, 6) is -1.94. The third-order valence-corrected chi connectivity index (χ3v) is 6.78.